The fourth-order valence-corrected chi connectivity index (χ4v) is 3.60. The summed E-state index contributed by atoms with van der Waals surface area (Å²) in [4.78, 5) is 13.0. The highest BCUT2D eigenvalue weighted by Crippen LogP contribution is 2.33. The Balaban J connectivity index is 2.10. The molecule has 0 radical (unpaired) electrons. The summed E-state index contributed by atoms with van der Waals surface area (Å²) in [5, 5.41) is 0.690. The second-order valence-electron chi connectivity index (χ2n) is 5.53. The number of benzene rings is 1. The van der Waals surface area contributed by atoms with E-state index in [1.165, 1.54) is 0 Å². The quantitative estimate of drug-likeness (QED) is 0.478. The average molecular weight is 458 g/mol. The number of ether oxygens (including phenoxy) is 1. The van der Waals surface area contributed by atoms with Crippen LogP contribution in [0.4, 0.5) is 5.95 Å². The van der Waals surface area contributed by atoms with Crippen molar-refractivity contribution >= 4 is 51.3 Å². The maximum absolute atomic E-state index is 6.53. The standard InChI is InChI=1S/C16H17ClIN5O/c1-8-4-10(12(17)9(2)14(8)24-3)6-23-7-20-13-11(5-18)21-16(19)22-15(13)23/h4,7H,5-6H2,1-3H3,(H2,19,21,22). The fraction of sp³-hybridized carbons (Fsp3) is 0.312. The van der Waals surface area contributed by atoms with Gasteiger partial charge in [-0.2, -0.15) is 4.98 Å². The van der Waals surface area contributed by atoms with Crippen molar-refractivity contribution in [1.82, 2.24) is 19.5 Å². The molecule has 0 aliphatic carbocycles. The molecule has 0 saturated heterocycles. The first-order valence-electron chi connectivity index (χ1n) is 7.32. The molecule has 8 heteroatoms. The van der Waals surface area contributed by atoms with Crippen molar-refractivity contribution in [1.29, 1.82) is 0 Å². The molecule has 0 amide bonds. The van der Waals surface area contributed by atoms with E-state index in [-0.39, 0.29) is 5.95 Å². The number of anilines is 1. The highest BCUT2D eigenvalue weighted by molar-refractivity contribution is 14.1. The number of imidazole rings is 1. The van der Waals surface area contributed by atoms with Crippen LogP contribution in [0, 0.1) is 13.8 Å². The molecule has 126 valence electrons. The van der Waals surface area contributed by atoms with Gasteiger partial charge in [-0.25, -0.2) is 9.97 Å². The Morgan fingerprint density at radius 2 is 2.08 bits per heavy atom. The summed E-state index contributed by atoms with van der Waals surface area (Å²) in [6, 6.07) is 2.03. The molecule has 0 fully saturated rings. The number of halogens is 2. The van der Waals surface area contributed by atoms with Crippen LogP contribution in [0.1, 0.15) is 22.4 Å². The Hall–Kier alpha value is -1.61. The topological polar surface area (TPSA) is 78.8 Å². The molecule has 3 aromatic rings. The number of nitrogens with two attached hydrogens (primary N) is 1. The van der Waals surface area contributed by atoms with Gasteiger partial charge >= 0.3 is 0 Å². The van der Waals surface area contributed by atoms with Crippen molar-refractivity contribution in [3.63, 3.8) is 0 Å². The number of aromatic nitrogens is 4. The predicted molar refractivity (Wildman–Crippen MR) is 104 cm³/mol. The summed E-state index contributed by atoms with van der Waals surface area (Å²) < 4.78 is 8.08. The average Bonchev–Trinajstić information content (AvgIpc) is 2.95. The smallest absolute Gasteiger partial charge is 0.222 e. The van der Waals surface area contributed by atoms with Gasteiger partial charge in [-0.1, -0.05) is 34.2 Å². The Kier molecular flexibility index (Phi) is 4.82. The second-order valence-corrected chi connectivity index (χ2v) is 6.67. The minimum atomic E-state index is 0.254. The molecule has 6 nitrogen and oxygen atoms in total. The third-order valence-electron chi connectivity index (χ3n) is 3.93. The van der Waals surface area contributed by atoms with Crippen molar-refractivity contribution in [2.75, 3.05) is 12.8 Å². The van der Waals surface area contributed by atoms with Gasteiger partial charge in [-0.15, -0.1) is 0 Å². The maximum atomic E-state index is 6.53. The van der Waals surface area contributed by atoms with Crippen molar-refractivity contribution in [3.05, 3.63) is 39.8 Å². The molecule has 0 atom stereocenters. The summed E-state index contributed by atoms with van der Waals surface area (Å²) in [5.74, 6) is 1.07. The van der Waals surface area contributed by atoms with Crippen LogP contribution in [0.25, 0.3) is 11.2 Å². The molecule has 2 heterocycles. The van der Waals surface area contributed by atoms with Gasteiger partial charge in [0.1, 0.15) is 11.3 Å². The number of alkyl halides is 1. The second kappa shape index (κ2) is 6.72. The number of fused-ring (bicyclic) bond motifs is 1. The van der Waals surface area contributed by atoms with Crippen LogP contribution in [-0.2, 0) is 11.0 Å². The summed E-state index contributed by atoms with van der Waals surface area (Å²) >= 11 is 8.78. The van der Waals surface area contributed by atoms with E-state index >= 15 is 0 Å². The first kappa shape index (κ1) is 17.2. The van der Waals surface area contributed by atoms with E-state index in [0.717, 1.165) is 43.7 Å². The summed E-state index contributed by atoms with van der Waals surface area (Å²) in [7, 11) is 1.65. The van der Waals surface area contributed by atoms with Gasteiger partial charge in [0.25, 0.3) is 0 Å². The lowest BCUT2D eigenvalue weighted by Crippen LogP contribution is -2.05. The van der Waals surface area contributed by atoms with E-state index < -0.39 is 0 Å². The molecule has 2 aromatic heterocycles. The Labute approximate surface area is 158 Å². The summed E-state index contributed by atoms with van der Waals surface area (Å²) in [6.45, 7) is 4.52. The normalized spacial score (nSPS) is 11.2. The van der Waals surface area contributed by atoms with Crippen LogP contribution in [0.2, 0.25) is 5.02 Å². The number of hydrogen-bond donors (Lipinski definition) is 1. The van der Waals surface area contributed by atoms with Crippen LogP contribution >= 0.6 is 34.2 Å². The molecule has 3 rings (SSSR count). The molecular weight excluding hydrogens is 441 g/mol. The largest absolute Gasteiger partial charge is 0.496 e. The maximum Gasteiger partial charge on any atom is 0.222 e. The van der Waals surface area contributed by atoms with Gasteiger partial charge in [-0.05, 0) is 31.0 Å². The fourth-order valence-electron chi connectivity index (χ4n) is 2.87. The molecule has 0 unspecified atom stereocenters. The highest BCUT2D eigenvalue weighted by Gasteiger charge is 2.16. The number of nitrogen functional groups attached to an aromatic ring is 1. The van der Waals surface area contributed by atoms with Crippen molar-refractivity contribution in [2.24, 2.45) is 0 Å². The molecule has 0 saturated carbocycles. The molecule has 2 N–H and O–H groups in total. The number of nitrogens with zero attached hydrogens (tertiary/aromatic N) is 4. The van der Waals surface area contributed by atoms with Crippen molar-refractivity contribution in [3.8, 4) is 5.75 Å². The molecule has 1 aromatic carbocycles. The minimum Gasteiger partial charge on any atom is -0.496 e. The minimum absolute atomic E-state index is 0.254. The lowest BCUT2D eigenvalue weighted by Gasteiger charge is -2.15. The van der Waals surface area contributed by atoms with E-state index in [4.69, 9.17) is 22.1 Å². The van der Waals surface area contributed by atoms with Crippen LogP contribution in [0.3, 0.4) is 0 Å². The first-order valence-corrected chi connectivity index (χ1v) is 9.22. The van der Waals surface area contributed by atoms with Gasteiger partial charge in [0, 0.05) is 9.99 Å². The first-order chi connectivity index (χ1) is 11.5. The molecule has 0 aliphatic heterocycles. The predicted octanol–water partition coefficient (Wildman–Crippen LogP) is 3.67. The van der Waals surface area contributed by atoms with Crippen molar-refractivity contribution in [2.45, 2.75) is 24.8 Å². The Bertz CT molecular complexity index is 925. The summed E-state index contributed by atoms with van der Waals surface area (Å²) in [6.07, 6.45) is 1.75. The summed E-state index contributed by atoms with van der Waals surface area (Å²) in [5.41, 5.74) is 11.1. The molecule has 0 spiro atoms. The zero-order valence-corrected chi connectivity index (χ0v) is 16.5. The van der Waals surface area contributed by atoms with Gasteiger partial charge in [0.05, 0.1) is 30.7 Å². The highest BCUT2D eigenvalue weighted by atomic mass is 127. The van der Waals surface area contributed by atoms with Crippen LogP contribution in [-0.4, -0.2) is 26.6 Å². The third kappa shape index (κ3) is 2.90. The lowest BCUT2D eigenvalue weighted by atomic mass is 10.1. The van der Waals surface area contributed by atoms with Gasteiger partial charge < -0.3 is 15.0 Å². The van der Waals surface area contributed by atoms with E-state index in [1.807, 2.05) is 24.5 Å². The zero-order valence-electron chi connectivity index (χ0n) is 13.6. The van der Waals surface area contributed by atoms with E-state index in [1.54, 1.807) is 13.4 Å². The van der Waals surface area contributed by atoms with Gasteiger partial charge in [0.15, 0.2) is 5.65 Å². The van der Waals surface area contributed by atoms with Crippen LogP contribution in [0.15, 0.2) is 12.4 Å². The van der Waals surface area contributed by atoms with Crippen molar-refractivity contribution < 1.29 is 4.74 Å². The Morgan fingerprint density at radius 3 is 2.75 bits per heavy atom. The lowest BCUT2D eigenvalue weighted by molar-refractivity contribution is 0.408. The molecular formula is C16H17ClIN5O. The van der Waals surface area contributed by atoms with E-state index in [2.05, 4.69) is 37.5 Å². The number of rotatable bonds is 4. The van der Waals surface area contributed by atoms with E-state index in [9.17, 15) is 0 Å². The monoisotopic (exact) mass is 457 g/mol. The number of hydrogen-bond acceptors (Lipinski definition) is 5. The van der Waals surface area contributed by atoms with Crippen LogP contribution < -0.4 is 10.5 Å². The molecule has 24 heavy (non-hydrogen) atoms. The molecule has 0 bridgehead atoms. The van der Waals surface area contributed by atoms with Gasteiger partial charge in [0.2, 0.25) is 5.95 Å². The van der Waals surface area contributed by atoms with E-state index in [0.29, 0.717) is 11.6 Å². The third-order valence-corrected chi connectivity index (χ3v) is 5.17. The Morgan fingerprint density at radius 1 is 1.33 bits per heavy atom. The number of methoxy groups -OCH3 is 1. The van der Waals surface area contributed by atoms with Crippen LogP contribution in [0.5, 0.6) is 5.75 Å². The number of aryl methyl sites for hydroxylation is 1. The SMILES string of the molecule is COc1c(C)cc(Cn2cnc3c(CI)nc(N)nc32)c(Cl)c1C. The van der Waals surface area contributed by atoms with Gasteiger partial charge in [-0.3, -0.25) is 0 Å². The zero-order chi connectivity index (χ0) is 17.4. The molecule has 0 aliphatic rings.